The fourth-order valence-corrected chi connectivity index (χ4v) is 2.63. The Morgan fingerprint density at radius 1 is 0.842 bits per heavy atom. The molecular formula is C18H22O. The van der Waals surface area contributed by atoms with Gasteiger partial charge in [-0.3, -0.25) is 0 Å². The molecule has 0 bridgehead atoms. The van der Waals surface area contributed by atoms with Crippen molar-refractivity contribution in [3.63, 3.8) is 0 Å². The average molecular weight is 254 g/mol. The topological polar surface area (TPSA) is 20.2 Å². The van der Waals surface area contributed by atoms with Crippen molar-refractivity contribution in [1.82, 2.24) is 0 Å². The quantitative estimate of drug-likeness (QED) is 0.835. The number of phenolic OH excluding ortho intramolecular Hbond substituents is 1. The second-order valence-corrected chi connectivity index (χ2v) is 4.90. The Morgan fingerprint density at radius 3 is 1.95 bits per heavy atom. The molecule has 2 rings (SSSR count). The molecule has 0 aliphatic carbocycles. The number of rotatable bonds is 4. The SMILES string of the molecule is CCc1cc(CC)c(-c2cccc(O)c2)c(CC)c1. The molecule has 0 fully saturated rings. The summed E-state index contributed by atoms with van der Waals surface area (Å²) in [6, 6.07) is 12.2. The van der Waals surface area contributed by atoms with Gasteiger partial charge in [0.25, 0.3) is 0 Å². The summed E-state index contributed by atoms with van der Waals surface area (Å²) in [5.41, 5.74) is 6.58. The highest BCUT2D eigenvalue weighted by molar-refractivity contribution is 5.73. The maximum absolute atomic E-state index is 9.70. The lowest BCUT2D eigenvalue weighted by molar-refractivity contribution is 0.475. The van der Waals surface area contributed by atoms with Crippen LogP contribution in [0, 0.1) is 0 Å². The van der Waals surface area contributed by atoms with Gasteiger partial charge in [0.05, 0.1) is 0 Å². The molecule has 0 aliphatic heterocycles. The predicted molar refractivity (Wildman–Crippen MR) is 81.7 cm³/mol. The van der Waals surface area contributed by atoms with Gasteiger partial charge in [0.2, 0.25) is 0 Å². The zero-order valence-electron chi connectivity index (χ0n) is 12.0. The van der Waals surface area contributed by atoms with Gasteiger partial charge in [0.1, 0.15) is 5.75 Å². The first-order valence-electron chi connectivity index (χ1n) is 7.13. The van der Waals surface area contributed by atoms with Crippen molar-refractivity contribution in [2.24, 2.45) is 0 Å². The van der Waals surface area contributed by atoms with Crippen LogP contribution in [0.5, 0.6) is 5.75 Å². The Morgan fingerprint density at radius 2 is 1.47 bits per heavy atom. The van der Waals surface area contributed by atoms with E-state index in [1.807, 2.05) is 12.1 Å². The van der Waals surface area contributed by atoms with E-state index in [2.05, 4.69) is 39.0 Å². The summed E-state index contributed by atoms with van der Waals surface area (Å²) in [6.07, 6.45) is 3.11. The van der Waals surface area contributed by atoms with E-state index in [0.29, 0.717) is 5.75 Å². The van der Waals surface area contributed by atoms with Crippen LogP contribution in [-0.2, 0) is 19.3 Å². The lowest BCUT2D eigenvalue weighted by Crippen LogP contribution is -1.97. The summed E-state index contributed by atoms with van der Waals surface area (Å²) < 4.78 is 0. The fourth-order valence-electron chi connectivity index (χ4n) is 2.63. The molecule has 0 unspecified atom stereocenters. The first kappa shape index (κ1) is 13.7. The number of aromatic hydroxyl groups is 1. The van der Waals surface area contributed by atoms with Crippen molar-refractivity contribution in [2.75, 3.05) is 0 Å². The second-order valence-electron chi connectivity index (χ2n) is 4.90. The summed E-state index contributed by atoms with van der Waals surface area (Å²) in [7, 11) is 0. The maximum atomic E-state index is 9.70. The molecule has 1 heteroatoms. The number of benzene rings is 2. The van der Waals surface area contributed by atoms with Gasteiger partial charge in [0, 0.05) is 0 Å². The van der Waals surface area contributed by atoms with Crippen LogP contribution in [0.15, 0.2) is 36.4 Å². The zero-order valence-corrected chi connectivity index (χ0v) is 12.0. The highest BCUT2D eigenvalue weighted by atomic mass is 16.3. The normalized spacial score (nSPS) is 10.7. The summed E-state index contributed by atoms with van der Waals surface area (Å²) in [6.45, 7) is 6.59. The van der Waals surface area contributed by atoms with Gasteiger partial charge in [0.15, 0.2) is 0 Å². The molecule has 0 aromatic heterocycles. The molecule has 0 atom stereocenters. The minimum Gasteiger partial charge on any atom is -0.508 e. The number of hydrogen-bond acceptors (Lipinski definition) is 1. The third kappa shape index (κ3) is 2.81. The summed E-state index contributed by atoms with van der Waals surface area (Å²) in [4.78, 5) is 0. The van der Waals surface area contributed by atoms with E-state index in [0.717, 1.165) is 24.8 Å². The molecule has 1 nitrogen and oxygen atoms in total. The largest absolute Gasteiger partial charge is 0.508 e. The lowest BCUT2D eigenvalue weighted by atomic mass is 9.89. The highest BCUT2D eigenvalue weighted by Crippen LogP contribution is 2.32. The Balaban J connectivity index is 2.66. The van der Waals surface area contributed by atoms with Gasteiger partial charge in [-0.2, -0.15) is 0 Å². The van der Waals surface area contributed by atoms with E-state index in [1.165, 1.54) is 22.3 Å². The van der Waals surface area contributed by atoms with E-state index in [-0.39, 0.29) is 0 Å². The minimum absolute atomic E-state index is 0.334. The number of hydrogen-bond donors (Lipinski definition) is 1. The molecule has 0 aliphatic rings. The van der Waals surface area contributed by atoms with Crippen LogP contribution in [0.25, 0.3) is 11.1 Å². The van der Waals surface area contributed by atoms with E-state index in [1.54, 1.807) is 6.07 Å². The molecule has 1 N–H and O–H groups in total. The van der Waals surface area contributed by atoms with Crippen LogP contribution in [-0.4, -0.2) is 5.11 Å². The van der Waals surface area contributed by atoms with Crippen molar-refractivity contribution < 1.29 is 5.11 Å². The summed E-state index contributed by atoms with van der Waals surface area (Å²) in [5, 5.41) is 9.70. The van der Waals surface area contributed by atoms with Crippen LogP contribution in [0.1, 0.15) is 37.5 Å². The Hall–Kier alpha value is -1.76. The standard InChI is InChI=1S/C18H22O/c1-4-13-10-14(5-2)18(15(6-3)11-13)16-8-7-9-17(19)12-16/h7-12,19H,4-6H2,1-3H3. The Kier molecular flexibility index (Phi) is 4.26. The maximum Gasteiger partial charge on any atom is 0.116 e. The molecule has 19 heavy (non-hydrogen) atoms. The van der Waals surface area contributed by atoms with Crippen LogP contribution in [0.4, 0.5) is 0 Å². The van der Waals surface area contributed by atoms with Crippen LogP contribution < -0.4 is 0 Å². The van der Waals surface area contributed by atoms with Gasteiger partial charge in [-0.25, -0.2) is 0 Å². The molecular weight excluding hydrogens is 232 g/mol. The number of aryl methyl sites for hydroxylation is 3. The third-order valence-electron chi connectivity index (χ3n) is 3.67. The van der Waals surface area contributed by atoms with E-state index >= 15 is 0 Å². The molecule has 0 saturated carbocycles. The first-order chi connectivity index (χ1) is 9.19. The molecule has 0 heterocycles. The molecule has 2 aromatic rings. The average Bonchev–Trinajstić information content (AvgIpc) is 2.45. The van der Waals surface area contributed by atoms with Crippen molar-refractivity contribution >= 4 is 0 Å². The van der Waals surface area contributed by atoms with Crippen molar-refractivity contribution in [2.45, 2.75) is 40.0 Å². The molecule has 0 amide bonds. The summed E-state index contributed by atoms with van der Waals surface area (Å²) >= 11 is 0. The molecule has 2 aromatic carbocycles. The molecule has 100 valence electrons. The monoisotopic (exact) mass is 254 g/mol. The Bertz CT molecular complexity index is 545. The molecule has 0 radical (unpaired) electrons. The van der Waals surface area contributed by atoms with Gasteiger partial charge < -0.3 is 5.11 Å². The summed E-state index contributed by atoms with van der Waals surface area (Å²) in [5.74, 6) is 0.334. The van der Waals surface area contributed by atoms with E-state index in [4.69, 9.17) is 0 Å². The van der Waals surface area contributed by atoms with Crippen LogP contribution in [0.2, 0.25) is 0 Å². The predicted octanol–water partition coefficient (Wildman–Crippen LogP) is 4.75. The zero-order chi connectivity index (χ0) is 13.8. The molecule has 0 spiro atoms. The van der Waals surface area contributed by atoms with E-state index in [9.17, 15) is 5.11 Å². The number of phenols is 1. The van der Waals surface area contributed by atoms with E-state index < -0.39 is 0 Å². The van der Waals surface area contributed by atoms with Crippen molar-refractivity contribution in [3.8, 4) is 16.9 Å². The minimum atomic E-state index is 0.334. The van der Waals surface area contributed by atoms with Crippen LogP contribution >= 0.6 is 0 Å². The highest BCUT2D eigenvalue weighted by Gasteiger charge is 2.11. The fraction of sp³-hybridized carbons (Fsp3) is 0.333. The first-order valence-corrected chi connectivity index (χ1v) is 7.13. The lowest BCUT2D eigenvalue weighted by Gasteiger charge is -2.16. The van der Waals surface area contributed by atoms with Crippen molar-refractivity contribution in [3.05, 3.63) is 53.1 Å². The smallest absolute Gasteiger partial charge is 0.116 e. The Labute approximate surface area is 115 Å². The van der Waals surface area contributed by atoms with Gasteiger partial charge >= 0.3 is 0 Å². The van der Waals surface area contributed by atoms with Gasteiger partial charge in [-0.1, -0.05) is 45.0 Å². The molecule has 0 saturated heterocycles. The van der Waals surface area contributed by atoms with Crippen molar-refractivity contribution in [1.29, 1.82) is 0 Å². The second kappa shape index (κ2) is 5.92. The van der Waals surface area contributed by atoms with Gasteiger partial charge in [-0.05, 0) is 59.2 Å². The van der Waals surface area contributed by atoms with Crippen LogP contribution in [0.3, 0.4) is 0 Å². The third-order valence-corrected chi connectivity index (χ3v) is 3.67. The van der Waals surface area contributed by atoms with Gasteiger partial charge in [-0.15, -0.1) is 0 Å².